The smallest absolute Gasteiger partial charge is 0.170 e. The van der Waals surface area contributed by atoms with E-state index in [0.717, 1.165) is 130 Å². The van der Waals surface area contributed by atoms with Gasteiger partial charge in [0.05, 0.1) is 85.3 Å². The second-order valence-corrected chi connectivity index (χ2v) is 16.4. The van der Waals surface area contributed by atoms with Gasteiger partial charge in [0.1, 0.15) is 0 Å². The molecule has 0 radical (unpaired) electrons. The van der Waals surface area contributed by atoms with Crippen LogP contribution >= 0.6 is 0 Å². The SMILES string of the molecule is COc1c(C)c2c3c(C)c(OC)c(OC)c4c5c(OC)c(OC)c6c7c(OC)c(OC)c(C)c8c9c(C)c(OC)c(OC)c(c%10c(OC)c(OC)c(c(c1OC)c2c34)c1c5c6c%101)c9c87. The minimum Gasteiger partial charge on any atom is -0.493 e. The lowest BCUT2D eigenvalue weighted by atomic mass is 9.73. The molecule has 0 atom stereocenters. The Labute approximate surface area is 367 Å². The van der Waals surface area contributed by atoms with Gasteiger partial charge in [0, 0.05) is 108 Å². The molecule has 328 valence electrons. The summed E-state index contributed by atoms with van der Waals surface area (Å²) in [6, 6.07) is 0. The van der Waals surface area contributed by atoms with Crippen molar-refractivity contribution in [1.82, 2.24) is 0 Å². The van der Waals surface area contributed by atoms with Gasteiger partial charge in [-0.25, -0.2) is 0 Å². The number of hydrogen-bond donors (Lipinski definition) is 0. The maximum atomic E-state index is 6.68. The predicted molar refractivity (Wildman–Crippen MR) is 255 cm³/mol. The Kier molecular flexibility index (Phi) is 8.21. The lowest BCUT2D eigenvalue weighted by molar-refractivity contribution is 0.355. The molecule has 0 saturated heterocycles. The predicted octanol–water partition coefficient (Wildman–Crippen LogP) is 11.7. The number of benzene rings is 6. The van der Waals surface area contributed by atoms with Gasteiger partial charge in [0.2, 0.25) is 0 Å². The molecular weight excluding hydrogens is 817 g/mol. The second kappa shape index (κ2) is 13.2. The van der Waals surface area contributed by atoms with Crippen molar-refractivity contribution in [2.24, 2.45) is 0 Å². The summed E-state index contributed by atoms with van der Waals surface area (Å²) in [6.07, 6.45) is 0. The molecule has 0 aliphatic heterocycles. The summed E-state index contributed by atoms with van der Waals surface area (Å²) in [5, 5.41) is 17.6. The van der Waals surface area contributed by atoms with Crippen molar-refractivity contribution < 1.29 is 56.8 Å². The Balaban J connectivity index is 1.69. The molecule has 11 rings (SSSR count). The highest BCUT2D eigenvalue weighted by atomic mass is 16.5. The molecular formula is C52H48O12. The number of hydrogen-bond acceptors (Lipinski definition) is 12. The van der Waals surface area contributed by atoms with E-state index in [2.05, 4.69) is 27.7 Å². The highest BCUT2D eigenvalue weighted by molar-refractivity contribution is 6.58. The van der Waals surface area contributed by atoms with E-state index in [4.69, 9.17) is 56.8 Å². The van der Waals surface area contributed by atoms with Gasteiger partial charge in [-0.3, -0.25) is 0 Å². The highest BCUT2D eigenvalue weighted by Crippen LogP contribution is 2.69. The molecule has 0 spiro atoms. The summed E-state index contributed by atoms with van der Waals surface area (Å²) in [7, 11) is 20.1. The van der Waals surface area contributed by atoms with Crippen LogP contribution in [-0.2, 0) is 0 Å². The minimum absolute atomic E-state index is 0.504. The average Bonchev–Trinajstić information content (AvgIpc) is 3.27. The largest absolute Gasteiger partial charge is 0.493 e. The van der Waals surface area contributed by atoms with Gasteiger partial charge in [0.25, 0.3) is 0 Å². The van der Waals surface area contributed by atoms with Gasteiger partial charge in [-0.15, -0.1) is 0 Å². The quantitative estimate of drug-likeness (QED) is 0.117. The van der Waals surface area contributed by atoms with Crippen molar-refractivity contribution in [2.45, 2.75) is 27.7 Å². The molecule has 12 heteroatoms. The van der Waals surface area contributed by atoms with E-state index in [1.807, 2.05) is 0 Å². The third-order valence-corrected chi connectivity index (χ3v) is 14.4. The van der Waals surface area contributed by atoms with Crippen LogP contribution in [0.15, 0.2) is 0 Å². The minimum atomic E-state index is 0.504. The fourth-order valence-corrected chi connectivity index (χ4v) is 12.2. The van der Waals surface area contributed by atoms with E-state index >= 15 is 0 Å². The Morgan fingerprint density at radius 1 is 0.141 bits per heavy atom. The van der Waals surface area contributed by atoms with Gasteiger partial charge in [-0.05, 0) is 49.2 Å². The van der Waals surface area contributed by atoms with E-state index < -0.39 is 0 Å². The first-order chi connectivity index (χ1) is 31.0. The maximum Gasteiger partial charge on any atom is 0.170 e. The zero-order chi connectivity index (χ0) is 45.3. The number of fused-ring (bicyclic) bond motifs is 6. The molecule has 64 heavy (non-hydrogen) atoms. The van der Waals surface area contributed by atoms with E-state index in [0.29, 0.717) is 69.0 Å². The van der Waals surface area contributed by atoms with Gasteiger partial charge < -0.3 is 56.8 Å². The van der Waals surface area contributed by atoms with Crippen LogP contribution < -0.4 is 56.8 Å². The molecule has 0 fully saturated rings. The zero-order valence-electron chi connectivity index (χ0n) is 38.9. The highest BCUT2D eigenvalue weighted by Gasteiger charge is 2.41. The van der Waals surface area contributed by atoms with Crippen molar-refractivity contribution in [3.8, 4) is 69.0 Å². The Morgan fingerprint density at radius 3 is 0.375 bits per heavy atom. The summed E-state index contributed by atoms with van der Waals surface area (Å²) in [5.41, 5.74) is 3.68. The van der Waals surface area contributed by atoms with Crippen molar-refractivity contribution in [2.75, 3.05) is 85.3 Å². The van der Waals surface area contributed by atoms with Crippen molar-refractivity contribution in [3.63, 3.8) is 0 Å². The average molecular weight is 865 g/mol. The first kappa shape index (κ1) is 39.7. The molecule has 0 heterocycles. The number of aryl methyl sites for hydroxylation is 4. The van der Waals surface area contributed by atoms with Gasteiger partial charge in [-0.2, -0.15) is 0 Å². The molecule has 0 saturated carbocycles. The molecule has 0 amide bonds. The van der Waals surface area contributed by atoms with E-state index in [1.165, 1.54) is 0 Å². The Morgan fingerprint density at radius 2 is 0.250 bits per heavy atom. The van der Waals surface area contributed by atoms with Crippen LogP contribution in [0.1, 0.15) is 22.3 Å². The fraction of sp³-hybridized carbons (Fsp3) is 0.308. The number of rotatable bonds is 12. The molecule has 0 aromatic heterocycles. The van der Waals surface area contributed by atoms with Gasteiger partial charge in [-0.1, -0.05) is 0 Å². The van der Waals surface area contributed by atoms with Crippen LogP contribution in [-0.4, -0.2) is 85.3 Å². The fourth-order valence-electron chi connectivity index (χ4n) is 12.2. The molecule has 0 unspecified atom stereocenters. The Hall–Kier alpha value is -7.08. The molecule has 0 aliphatic rings. The number of methoxy groups -OCH3 is 12. The van der Waals surface area contributed by atoms with E-state index in [1.54, 1.807) is 85.3 Å². The first-order valence-electron chi connectivity index (χ1n) is 20.8. The first-order valence-corrected chi connectivity index (χ1v) is 20.8. The second-order valence-electron chi connectivity index (χ2n) is 16.4. The summed E-state index contributed by atoms with van der Waals surface area (Å²) >= 11 is 0. The van der Waals surface area contributed by atoms with Crippen molar-refractivity contribution >= 4 is 108 Å². The normalized spacial score (nSPS) is 12.4. The van der Waals surface area contributed by atoms with Crippen molar-refractivity contribution in [1.29, 1.82) is 0 Å². The van der Waals surface area contributed by atoms with Crippen LogP contribution in [0.5, 0.6) is 69.0 Å². The standard InChI is InChI=1S/C52H48O12/c1-17-21-22-18(2)42(54-6)46(58-10)34-26(22)25(21)33(45(57-9)41(17)53-5)37-29-30-32-31(29)39(51(63-15)49(37)61-13)35-27-23(19(3)43(55-7)47(35)59-11)24-20(4)44(56-8)48(60-12)36(28(24)27)40(32)52(64-16)50(62-14)38(30)34/h1-16H3. The van der Waals surface area contributed by atoms with Crippen LogP contribution in [0.3, 0.4) is 0 Å². The summed E-state index contributed by atoms with van der Waals surface area (Å²) in [6.45, 7) is 8.24. The maximum absolute atomic E-state index is 6.68. The molecule has 11 aromatic carbocycles. The zero-order valence-corrected chi connectivity index (χ0v) is 38.9. The summed E-state index contributed by atoms with van der Waals surface area (Å²) in [4.78, 5) is 0. The topological polar surface area (TPSA) is 111 Å². The molecule has 0 aliphatic carbocycles. The third kappa shape index (κ3) is 3.96. The van der Waals surface area contributed by atoms with Crippen molar-refractivity contribution in [3.05, 3.63) is 22.3 Å². The molecule has 12 nitrogen and oxygen atoms in total. The summed E-state index contributed by atoms with van der Waals surface area (Å²) < 4.78 is 77.7. The summed E-state index contributed by atoms with van der Waals surface area (Å²) in [5.74, 6) is 6.64. The monoisotopic (exact) mass is 864 g/mol. The van der Waals surface area contributed by atoms with E-state index in [9.17, 15) is 0 Å². The van der Waals surface area contributed by atoms with E-state index in [-0.39, 0.29) is 0 Å². The number of ether oxygens (including phenoxy) is 12. The lowest BCUT2D eigenvalue weighted by Crippen LogP contribution is -2.08. The third-order valence-electron chi connectivity index (χ3n) is 14.4. The van der Waals surface area contributed by atoms with Crippen LogP contribution in [0.2, 0.25) is 0 Å². The van der Waals surface area contributed by atoms with Crippen LogP contribution in [0, 0.1) is 27.7 Å². The molecule has 0 N–H and O–H groups in total. The van der Waals surface area contributed by atoms with Crippen LogP contribution in [0.25, 0.3) is 108 Å². The molecule has 0 bridgehead atoms. The van der Waals surface area contributed by atoms with Gasteiger partial charge >= 0.3 is 0 Å². The van der Waals surface area contributed by atoms with Crippen LogP contribution in [0.4, 0.5) is 0 Å². The Bertz CT molecular complexity index is 3280. The van der Waals surface area contributed by atoms with Gasteiger partial charge in [0.15, 0.2) is 69.0 Å². The lowest BCUT2D eigenvalue weighted by Gasteiger charge is -2.33. The molecule has 11 aromatic rings.